The Kier molecular flexibility index (Phi) is 8.17. The topological polar surface area (TPSA) is 50.4 Å². The highest BCUT2D eigenvalue weighted by molar-refractivity contribution is 6.42. The highest BCUT2D eigenvalue weighted by Crippen LogP contribution is 2.25. The van der Waals surface area contributed by atoms with E-state index < -0.39 is 11.7 Å². The third-order valence-corrected chi connectivity index (χ3v) is 4.00. The van der Waals surface area contributed by atoms with Crippen molar-refractivity contribution in [2.24, 2.45) is 0 Å². The molecule has 23 heavy (non-hydrogen) atoms. The first-order valence-electron chi connectivity index (χ1n) is 7.86. The molecule has 0 heterocycles. The summed E-state index contributed by atoms with van der Waals surface area (Å²) in [4.78, 5) is 11.7. The molecule has 0 bridgehead atoms. The van der Waals surface area contributed by atoms with Gasteiger partial charge in [-0.2, -0.15) is 0 Å². The average molecular weight is 361 g/mol. The van der Waals surface area contributed by atoms with Gasteiger partial charge in [-0.25, -0.2) is 4.79 Å². The lowest BCUT2D eigenvalue weighted by Crippen LogP contribution is -2.42. The molecule has 1 atom stereocenters. The summed E-state index contributed by atoms with van der Waals surface area (Å²) in [7, 11) is 0. The van der Waals surface area contributed by atoms with Crippen LogP contribution < -0.4 is 10.6 Å². The Hall–Kier alpha value is -0.970. The van der Waals surface area contributed by atoms with Gasteiger partial charge in [-0.15, -0.1) is 0 Å². The molecular weight excluding hydrogens is 335 g/mol. The van der Waals surface area contributed by atoms with E-state index in [0.717, 1.165) is 18.4 Å². The van der Waals surface area contributed by atoms with Crippen LogP contribution in [-0.2, 0) is 11.3 Å². The molecule has 0 saturated carbocycles. The Balaban J connectivity index is 2.52. The van der Waals surface area contributed by atoms with Crippen LogP contribution in [0.1, 0.15) is 46.1 Å². The first kappa shape index (κ1) is 20.1. The molecule has 0 aliphatic heterocycles. The fourth-order valence-corrected chi connectivity index (χ4v) is 2.47. The maximum absolute atomic E-state index is 11.7. The van der Waals surface area contributed by atoms with Crippen molar-refractivity contribution in [1.82, 2.24) is 10.6 Å². The summed E-state index contributed by atoms with van der Waals surface area (Å²) in [6.45, 7) is 8.73. The summed E-state index contributed by atoms with van der Waals surface area (Å²) in [5.41, 5.74) is 0.448. The molecule has 1 unspecified atom stereocenters. The Labute approximate surface area is 148 Å². The predicted molar refractivity (Wildman–Crippen MR) is 96.2 cm³/mol. The Morgan fingerprint density at radius 3 is 2.61 bits per heavy atom. The van der Waals surface area contributed by atoms with Crippen LogP contribution in [0, 0.1) is 0 Å². The van der Waals surface area contributed by atoms with Gasteiger partial charge in [-0.3, -0.25) is 0 Å². The highest BCUT2D eigenvalue weighted by Gasteiger charge is 2.17. The monoisotopic (exact) mass is 360 g/mol. The molecule has 4 nitrogen and oxygen atoms in total. The van der Waals surface area contributed by atoms with Crippen molar-refractivity contribution >= 4 is 29.3 Å². The number of hydrogen-bond donors (Lipinski definition) is 2. The minimum atomic E-state index is -0.494. The van der Waals surface area contributed by atoms with Gasteiger partial charge in [-0.1, -0.05) is 48.7 Å². The zero-order chi connectivity index (χ0) is 17.5. The van der Waals surface area contributed by atoms with Gasteiger partial charge in [0.25, 0.3) is 0 Å². The number of rotatable bonds is 7. The van der Waals surface area contributed by atoms with Gasteiger partial charge >= 0.3 is 6.09 Å². The number of carbonyl (C=O) groups is 1. The summed E-state index contributed by atoms with van der Waals surface area (Å²) in [6, 6.07) is 5.72. The maximum Gasteiger partial charge on any atom is 0.407 e. The van der Waals surface area contributed by atoms with Crippen LogP contribution in [0.25, 0.3) is 0 Å². The zero-order valence-electron chi connectivity index (χ0n) is 14.2. The van der Waals surface area contributed by atoms with Crippen molar-refractivity contribution in [3.63, 3.8) is 0 Å². The number of benzene rings is 1. The van der Waals surface area contributed by atoms with Crippen LogP contribution in [0.2, 0.25) is 10.0 Å². The molecule has 1 rings (SSSR count). The first-order chi connectivity index (χ1) is 10.7. The molecule has 130 valence electrons. The standard InChI is InChI=1S/C17H26Cl2N2O2/c1-5-7-13(11-21-16(22)23-17(2,3)4)20-10-12-8-6-9-14(18)15(12)19/h6,8-9,13,20H,5,7,10-11H2,1-4H3,(H,21,22). The highest BCUT2D eigenvalue weighted by atomic mass is 35.5. The molecule has 0 aliphatic carbocycles. The number of amides is 1. The van der Waals surface area contributed by atoms with Crippen molar-refractivity contribution in [2.75, 3.05) is 6.54 Å². The lowest BCUT2D eigenvalue weighted by molar-refractivity contribution is 0.0521. The number of halogens is 2. The maximum atomic E-state index is 11.7. The molecule has 0 spiro atoms. The van der Waals surface area contributed by atoms with E-state index in [9.17, 15) is 4.79 Å². The molecule has 0 aliphatic rings. The average Bonchev–Trinajstić information content (AvgIpc) is 2.44. The third-order valence-electron chi connectivity index (χ3n) is 3.14. The second-order valence-corrected chi connectivity index (χ2v) is 7.25. The van der Waals surface area contributed by atoms with Crippen molar-refractivity contribution in [2.45, 2.75) is 58.7 Å². The van der Waals surface area contributed by atoms with Gasteiger partial charge in [0.05, 0.1) is 10.0 Å². The largest absolute Gasteiger partial charge is 0.444 e. The molecule has 2 N–H and O–H groups in total. The first-order valence-corrected chi connectivity index (χ1v) is 8.61. The summed E-state index contributed by atoms with van der Waals surface area (Å²) in [5.74, 6) is 0. The van der Waals surface area contributed by atoms with Crippen LogP contribution in [0.4, 0.5) is 4.79 Å². The molecule has 1 aromatic rings. The fraction of sp³-hybridized carbons (Fsp3) is 0.588. The van der Waals surface area contributed by atoms with E-state index in [1.807, 2.05) is 32.9 Å². The van der Waals surface area contributed by atoms with Crippen molar-refractivity contribution < 1.29 is 9.53 Å². The van der Waals surface area contributed by atoms with Crippen molar-refractivity contribution in [3.05, 3.63) is 33.8 Å². The van der Waals surface area contributed by atoms with Gasteiger partial charge in [-0.05, 0) is 38.8 Å². The molecule has 0 aromatic heterocycles. The SMILES string of the molecule is CCCC(CNC(=O)OC(C)(C)C)NCc1cccc(Cl)c1Cl. The molecule has 0 radical (unpaired) electrons. The van der Waals surface area contributed by atoms with E-state index in [1.165, 1.54) is 0 Å². The summed E-state index contributed by atoms with van der Waals surface area (Å²) in [6.07, 6.45) is 1.55. The van der Waals surface area contributed by atoms with E-state index in [-0.39, 0.29) is 6.04 Å². The van der Waals surface area contributed by atoms with Gasteiger partial charge in [0.15, 0.2) is 0 Å². The molecule has 6 heteroatoms. The van der Waals surface area contributed by atoms with E-state index >= 15 is 0 Å². The zero-order valence-corrected chi connectivity index (χ0v) is 15.7. The number of alkyl carbamates (subject to hydrolysis) is 1. The summed E-state index contributed by atoms with van der Waals surface area (Å²) >= 11 is 12.2. The van der Waals surface area contributed by atoms with E-state index in [1.54, 1.807) is 6.07 Å². The van der Waals surface area contributed by atoms with Gasteiger partial charge in [0, 0.05) is 19.1 Å². The van der Waals surface area contributed by atoms with Crippen LogP contribution >= 0.6 is 23.2 Å². The van der Waals surface area contributed by atoms with Gasteiger partial charge in [0.1, 0.15) is 5.60 Å². The second kappa shape index (κ2) is 9.36. The molecular formula is C17H26Cl2N2O2. The lowest BCUT2D eigenvalue weighted by Gasteiger charge is -2.22. The Morgan fingerprint density at radius 2 is 2.00 bits per heavy atom. The van der Waals surface area contributed by atoms with Crippen LogP contribution in [0.15, 0.2) is 18.2 Å². The normalized spacial score (nSPS) is 12.8. The minimum absolute atomic E-state index is 0.141. The smallest absolute Gasteiger partial charge is 0.407 e. The van der Waals surface area contributed by atoms with Crippen molar-refractivity contribution in [3.8, 4) is 0 Å². The molecule has 1 amide bonds. The van der Waals surface area contributed by atoms with E-state index in [4.69, 9.17) is 27.9 Å². The van der Waals surface area contributed by atoms with Crippen LogP contribution in [0.5, 0.6) is 0 Å². The third kappa shape index (κ3) is 7.91. The summed E-state index contributed by atoms with van der Waals surface area (Å²) < 4.78 is 5.25. The lowest BCUT2D eigenvalue weighted by atomic mass is 10.1. The van der Waals surface area contributed by atoms with Crippen LogP contribution in [-0.4, -0.2) is 24.3 Å². The number of ether oxygens (including phenoxy) is 1. The molecule has 0 fully saturated rings. The van der Waals surface area contributed by atoms with Crippen LogP contribution in [0.3, 0.4) is 0 Å². The van der Waals surface area contributed by atoms with E-state index in [0.29, 0.717) is 23.1 Å². The van der Waals surface area contributed by atoms with Crippen molar-refractivity contribution in [1.29, 1.82) is 0 Å². The number of hydrogen-bond acceptors (Lipinski definition) is 3. The quantitative estimate of drug-likeness (QED) is 0.735. The number of carbonyl (C=O) groups excluding carboxylic acids is 1. The fourth-order valence-electron chi connectivity index (χ4n) is 2.08. The van der Waals surface area contributed by atoms with Gasteiger partial charge in [0.2, 0.25) is 0 Å². The molecule has 1 aromatic carbocycles. The van der Waals surface area contributed by atoms with Gasteiger partial charge < -0.3 is 15.4 Å². The number of nitrogens with one attached hydrogen (secondary N) is 2. The minimum Gasteiger partial charge on any atom is -0.444 e. The Morgan fingerprint density at radius 1 is 1.30 bits per heavy atom. The second-order valence-electron chi connectivity index (χ2n) is 6.46. The Bertz CT molecular complexity index is 516. The summed E-state index contributed by atoms with van der Waals surface area (Å²) in [5, 5.41) is 7.33. The predicted octanol–water partition coefficient (Wildman–Crippen LogP) is 4.78. The molecule has 0 saturated heterocycles. The van der Waals surface area contributed by atoms with E-state index in [2.05, 4.69) is 17.6 Å².